The maximum Gasteiger partial charge on any atom is 0.212 e. The molecule has 0 aliphatic carbocycles. The highest BCUT2D eigenvalue weighted by Crippen LogP contribution is 2.31. The standard InChI is InChI=1S/C24H22N4OS/c1-15-4-6-17(7-5-15)22-14-30-24-26-25-23(28(24)27-22)16(2)18-8-9-20-13-21(29-3)11-10-19(20)12-18/h4-13,16H,14H2,1-3H3. The molecular formula is C24H22N4OS. The van der Waals surface area contributed by atoms with Gasteiger partial charge in [0.15, 0.2) is 5.82 Å². The molecule has 1 aliphatic rings. The van der Waals surface area contributed by atoms with Gasteiger partial charge < -0.3 is 4.74 Å². The van der Waals surface area contributed by atoms with Crippen LogP contribution in [0.4, 0.5) is 0 Å². The SMILES string of the molecule is COc1ccc2cc(C(C)c3nnc4n3N=C(c3ccc(C)cc3)CS4)ccc2c1. The summed E-state index contributed by atoms with van der Waals surface area (Å²) in [6.45, 7) is 4.25. The topological polar surface area (TPSA) is 52.3 Å². The number of aryl methyl sites for hydroxylation is 1. The summed E-state index contributed by atoms with van der Waals surface area (Å²) in [4.78, 5) is 0. The molecule has 0 saturated heterocycles. The minimum absolute atomic E-state index is 0.0690. The lowest BCUT2D eigenvalue weighted by Gasteiger charge is -2.17. The fraction of sp³-hybridized carbons (Fsp3) is 0.208. The summed E-state index contributed by atoms with van der Waals surface area (Å²) in [5.74, 6) is 2.59. The summed E-state index contributed by atoms with van der Waals surface area (Å²) >= 11 is 1.68. The molecular weight excluding hydrogens is 392 g/mol. The normalized spacial score (nSPS) is 14.3. The number of methoxy groups -OCH3 is 1. The van der Waals surface area contributed by atoms with Gasteiger partial charge in [-0.2, -0.15) is 9.78 Å². The Bertz CT molecular complexity index is 1260. The molecule has 6 heteroatoms. The highest BCUT2D eigenvalue weighted by Gasteiger charge is 2.24. The number of ether oxygens (including phenoxy) is 1. The molecule has 0 fully saturated rings. The maximum absolute atomic E-state index is 5.34. The van der Waals surface area contributed by atoms with Crippen LogP contribution in [0.3, 0.4) is 0 Å². The predicted octanol–water partition coefficient (Wildman–Crippen LogP) is 5.26. The Morgan fingerprint density at radius 1 is 0.967 bits per heavy atom. The molecule has 1 aliphatic heterocycles. The van der Waals surface area contributed by atoms with Gasteiger partial charge in [0.1, 0.15) is 5.75 Å². The minimum atomic E-state index is 0.0690. The fourth-order valence-electron chi connectivity index (χ4n) is 3.69. The van der Waals surface area contributed by atoms with Crippen LogP contribution in [0.15, 0.2) is 70.9 Å². The van der Waals surface area contributed by atoms with E-state index in [0.29, 0.717) is 0 Å². The van der Waals surface area contributed by atoms with E-state index in [1.807, 2.05) is 10.7 Å². The zero-order chi connectivity index (χ0) is 20.7. The number of hydrogen-bond acceptors (Lipinski definition) is 5. The fourth-order valence-corrected chi connectivity index (χ4v) is 4.53. The first kappa shape index (κ1) is 18.9. The smallest absolute Gasteiger partial charge is 0.212 e. The second-order valence-corrected chi connectivity index (χ2v) is 8.49. The molecule has 5 rings (SSSR count). The summed E-state index contributed by atoms with van der Waals surface area (Å²) in [5.41, 5.74) is 4.62. The summed E-state index contributed by atoms with van der Waals surface area (Å²) in [6.07, 6.45) is 0. The zero-order valence-corrected chi connectivity index (χ0v) is 18.0. The number of benzene rings is 3. The molecule has 0 spiro atoms. The molecule has 3 aromatic carbocycles. The zero-order valence-electron chi connectivity index (χ0n) is 17.2. The van der Waals surface area contributed by atoms with E-state index in [0.717, 1.165) is 39.1 Å². The van der Waals surface area contributed by atoms with E-state index in [2.05, 4.69) is 78.6 Å². The summed E-state index contributed by atoms with van der Waals surface area (Å²) in [5, 5.41) is 17.0. The average molecular weight is 415 g/mol. The van der Waals surface area contributed by atoms with Crippen molar-refractivity contribution in [3.05, 3.63) is 83.2 Å². The van der Waals surface area contributed by atoms with Crippen LogP contribution in [-0.2, 0) is 0 Å². The first-order valence-electron chi connectivity index (χ1n) is 9.93. The van der Waals surface area contributed by atoms with Crippen molar-refractivity contribution in [3.63, 3.8) is 0 Å². The van der Waals surface area contributed by atoms with Gasteiger partial charge in [0, 0.05) is 11.7 Å². The Kier molecular flexibility index (Phi) is 4.79. The Balaban J connectivity index is 1.51. The van der Waals surface area contributed by atoms with Crippen LogP contribution in [0.2, 0.25) is 0 Å². The number of nitrogens with zero attached hydrogens (tertiary/aromatic N) is 4. The summed E-state index contributed by atoms with van der Waals surface area (Å²) in [7, 11) is 1.69. The molecule has 2 heterocycles. The molecule has 5 nitrogen and oxygen atoms in total. The van der Waals surface area contributed by atoms with E-state index in [1.165, 1.54) is 16.5 Å². The van der Waals surface area contributed by atoms with Gasteiger partial charge in [-0.05, 0) is 41.0 Å². The first-order valence-corrected chi connectivity index (χ1v) is 10.9. The third kappa shape index (κ3) is 3.37. The molecule has 1 atom stereocenters. The van der Waals surface area contributed by atoms with Crippen LogP contribution in [-0.4, -0.2) is 33.4 Å². The first-order chi connectivity index (χ1) is 14.6. The Morgan fingerprint density at radius 3 is 2.53 bits per heavy atom. The third-order valence-corrected chi connectivity index (χ3v) is 6.47. The van der Waals surface area contributed by atoms with Gasteiger partial charge in [0.2, 0.25) is 5.16 Å². The second-order valence-electron chi connectivity index (χ2n) is 7.55. The molecule has 0 bridgehead atoms. The molecule has 0 amide bonds. The quantitative estimate of drug-likeness (QED) is 0.457. The van der Waals surface area contributed by atoms with Crippen LogP contribution in [0.1, 0.15) is 35.4 Å². The Morgan fingerprint density at radius 2 is 1.73 bits per heavy atom. The van der Waals surface area contributed by atoms with Crippen molar-refractivity contribution in [1.82, 2.24) is 14.9 Å². The highest BCUT2D eigenvalue weighted by atomic mass is 32.2. The molecule has 0 radical (unpaired) electrons. The Labute approximate surface area is 179 Å². The largest absolute Gasteiger partial charge is 0.497 e. The van der Waals surface area contributed by atoms with Gasteiger partial charge in [-0.1, -0.05) is 72.8 Å². The van der Waals surface area contributed by atoms with Crippen molar-refractivity contribution in [1.29, 1.82) is 0 Å². The van der Waals surface area contributed by atoms with Gasteiger partial charge in [0.05, 0.1) is 12.8 Å². The summed E-state index contributed by atoms with van der Waals surface area (Å²) < 4.78 is 7.24. The monoisotopic (exact) mass is 414 g/mol. The van der Waals surface area contributed by atoms with Crippen LogP contribution < -0.4 is 4.74 Å². The molecule has 0 N–H and O–H groups in total. The minimum Gasteiger partial charge on any atom is -0.497 e. The van der Waals surface area contributed by atoms with E-state index in [4.69, 9.17) is 9.84 Å². The predicted molar refractivity (Wildman–Crippen MR) is 122 cm³/mol. The van der Waals surface area contributed by atoms with Crippen molar-refractivity contribution in [3.8, 4) is 5.75 Å². The number of fused-ring (bicyclic) bond motifs is 2. The molecule has 0 saturated carbocycles. The van der Waals surface area contributed by atoms with E-state index in [9.17, 15) is 0 Å². The lowest BCUT2D eigenvalue weighted by atomic mass is 9.97. The maximum atomic E-state index is 5.34. The lowest BCUT2D eigenvalue weighted by molar-refractivity contribution is 0.415. The third-order valence-electron chi connectivity index (χ3n) is 5.54. The van der Waals surface area contributed by atoms with Gasteiger partial charge in [-0.15, -0.1) is 10.2 Å². The van der Waals surface area contributed by atoms with Crippen LogP contribution in [0.5, 0.6) is 5.75 Å². The summed E-state index contributed by atoms with van der Waals surface area (Å²) in [6, 6.07) is 21.1. The van der Waals surface area contributed by atoms with Crippen molar-refractivity contribution in [2.45, 2.75) is 24.9 Å². The van der Waals surface area contributed by atoms with E-state index in [-0.39, 0.29) is 5.92 Å². The van der Waals surface area contributed by atoms with Crippen LogP contribution >= 0.6 is 11.8 Å². The van der Waals surface area contributed by atoms with Gasteiger partial charge in [0.25, 0.3) is 0 Å². The second kappa shape index (κ2) is 7.61. The highest BCUT2D eigenvalue weighted by molar-refractivity contribution is 7.99. The van der Waals surface area contributed by atoms with E-state index < -0.39 is 0 Å². The van der Waals surface area contributed by atoms with Crippen molar-refractivity contribution in [2.24, 2.45) is 5.10 Å². The van der Waals surface area contributed by atoms with Gasteiger partial charge in [-0.25, -0.2) is 0 Å². The van der Waals surface area contributed by atoms with E-state index in [1.54, 1.807) is 18.9 Å². The van der Waals surface area contributed by atoms with Gasteiger partial charge in [-0.3, -0.25) is 0 Å². The molecule has 150 valence electrons. The Hall–Kier alpha value is -3.12. The molecule has 1 aromatic heterocycles. The number of aromatic nitrogens is 3. The average Bonchev–Trinajstić information content (AvgIpc) is 3.21. The van der Waals surface area contributed by atoms with Crippen LogP contribution in [0, 0.1) is 6.92 Å². The van der Waals surface area contributed by atoms with Crippen molar-refractivity contribution >= 4 is 28.2 Å². The van der Waals surface area contributed by atoms with Crippen molar-refractivity contribution < 1.29 is 4.74 Å². The number of hydrogen-bond donors (Lipinski definition) is 0. The number of thioether (sulfide) groups is 1. The van der Waals surface area contributed by atoms with Gasteiger partial charge >= 0.3 is 0 Å². The number of rotatable bonds is 4. The van der Waals surface area contributed by atoms with E-state index >= 15 is 0 Å². The molecule has 30 heavy (non-hydrogen) atoms. The lowest BCUT2D eigenvalue weighted by Crippen LogP contribution is -2.15. The molecule has 4 aromatic rings. The van der Waals surface area contributed by atoms with Crippen molar-refractivity contribution in [2.75, 3.05) is 12.9 Å². The van der Waals surface area contributed by atoms with Crippen LogP contribution in [0.25, 0.3) is 10.8 Å². The molecule has 1 unspecified atom stereocenters.